The molecule has 1 aromatic rings. The molecule has 2 heterocycles. The van der Waals surface area contributed by atoms with E-state index in [-0.39, 0.29) is 0 Å². The van der Waals surface area contributed by atoms with Crippen LogP contribution in [0.15, 0.2) is 6.20 Å². The van der Waals surface area contributed by atoms with Crippen LogP contribution in [-0.4, -0.2) is 64.6 Å². The first-order valence-electron chi connectivity index (χ1n) is 6.08. The molecule has 1 aliphatic rings. The number of rotatable bonds is 4. The molecule has 0 bridgehead atoms. The third kappa shape index (κ3) is 3.02. The van der Waals surface area contributed by atoms with Crippen LogP contribution in [0.3, 0.4) is 0 Å². The van der Waals surface area contributed by atoms with Crippen LogP contribution in [0.4, 0.5) is 0 Å². The van der Waals surface area contributed by atoms with Gasteiger partial charge in [0.05, 0.1) is 12.2 Å². The largest absolute Gasteiger partial charge is 0.304 e. The van der Waals surface area contributed by atoms with Crippen molar-refractivity contribution in [2.75, 3.05) is 39.8 Å². The van der Waals surface area contributed by atoms with E-state index in [1.807, 2.05) is 4.68 Å². The molecule has 2 rings (SSSR count). The van der Waals surface area contributed by atoms with E-state index in [2.05, 4.69) is 40.3 Å². The van der Waals surface area contributed by atoms with Gasteiger partial charge in [-0.25, -0.2) is 0 Å². The minimum atomic E-state index is 0.955. The van der Waals surface area contributed by atoms with Crippen LogP contribution < -0.4 is 0 Å². The molecule has 16 heavy (non-hydrogen) atoms. The molecule has 5 nitrogen and oxygen atoms in total. The second kappa shape index (κ2) is 5.41. The summed E-state index contributed by atoms with van der Waals surface area (Å²) in [6.07, 6.45) is 3.02. The minimum absolute atomic E-state index is 0.955. The predicted octanol–water partition coefficient (Wildman–Crippen LogP) is 0.0879. The van der Waals surface area contributed by atoms with Crippen LogP contribution in [0.5, 0.6) is 0 Å². The van der Waals surface area contributed by atoms with Crippen molar-refractivity contribution in [2.24, 2.45) is 0 Å². The lowest BCUT2D eigenvalue weighted by atomic mass is 10.3. The van der Waals surface area contributed by atoms with Gasteiger partial charge in [0, 0.05) is 38.9 Å². The van der Waals surface area contributed by atoms with Gasteiger partial charge in [-0.3, -0.25) is 9.58 Å². The van der Waals surface area contributed by atoms with Crippen LogP contribution in [0.1, 0.15) is 12.6 Å². The Balaban J connectivity index is 1.74. The molecule has 0 amide bonds. The molecular weight excluding hydrogens is 202 g/mol. The van der Waals surface area contributed by atoms with Crippen molar-refractivity contribution >= 4 is 0 Å². The average Bonchev–Trinajstić information content (AvgIpc) is 2.76. The molecule has 0 spiro atoms. The van der Waals surface area contributed by atoms with Crippen molar-refractivity contribution in [1.29, 1.82) is 0 Å². The summed E-state index contributed by atoms with van der Waals surface area (Å²) in [5.74, 6) is 0. The van der Waals surface area contributed by atoms with Gasteiger partial charge < -0.3 is 4.90 Å². The maximum absolute atomic E-state index is 4.12. The number of piperazine rings is 1. The number of hydrogen-bond acceptors (Lipinski definition) is 4. The Labute approximate surface area is 97.0 Å². The van der Waals surface area contributed by atoms with Gasteiger partial charge in [0.1, 0.15) is 0 Å². The first-order chi connectivity index (χ1) is 7.78. The van der Waals surface area contributed by atoms with Gasteiger partial charge in [0.25, 0.3) is 0 Å². The van der Waals surface area contributed by atoms with Gasteiger partial charge in [0.2, 0.25) is 0 Å². The van der Waals surface area contributed by atoms with Crippen molar-refractivity contribution < 1.29 is 0 Å². The SMILES string of the molecule is CCc1cn(CCN2CCN(C)CC2)nn1. The van der Waals surface area contributed by atoms with Crippen molar-refractivity contribution in [2.45, 2.75) is 19.9 Å². The number of hydrogen-bond donors (Lipinski definition) is 0. The summed E-state index contributed by atoms with van der Waals surface area (Å²) in [6.45, 7) is 8.85. The molecule has 1 saturated heterocycles. The lowest BCUT2D eigenvalue weighted by Gasteiger charge is -2.32. The first kappa shape index (κ1) is 11.5. The molecular formula is C11H21N5. The second-order valence-electron chi connectivity index (χ2n) is 4.47. The molecule has 0 N–H and O–H groups in total. The van der Waals surface area contributed by atoms with Crippen LogP contribution >= 0.6 is 0 Å². The molecule has 90 valence electrons. The van der Waals surface area contributed by atoms with E-state index in [1.54, 1.807) is 0 Å². The van der Waals surface area contributed by atoms with Gasteiger partial charge in [-0.1, -0.05) is 12.1 Å². The van der Waals surface area contributed by atoms with Crippen LogP contribution in [0, 0.1) is 0 Å². The third-order valence-corrected chi connectivity index (χ3v) is 3.19. The number of aryl methyl sites for hydroxylation is 1. The Bertz CT molecular complexity index is 314. The summed E-state index contributed by atoms with van der Waals surface area (Å²) in [6, 6.07) is 0. The summed E-state index contributed by atoms with van der Waals surface area (Å²) < 4.78 is 1.96. The van der Waals surface area contributed by atoms with Gasteiger partial charge in [-0.2, -0.15) is 0 Å². The highest BCUT2D eigenvalue weighted by molar-refractivity contribution is 4.90. The Hall–Kier alpha value is -0.940. The van der Waals surface area contributed by atoms with Gasteiger partial charge in [0.15, 0.2) is 0 Å². The standard InChI is InChI=1S/C11H21N5/c1-3-11-10-16(13-12-11)9-8-15-6-4-14(2)5-7-15/h10H,3-9H2,1-2H3. The monoisotopic (exact) mass is 223 g/mol. The maximum Gasteiger partial charge on any atom is 0.0824 e. The number of likely N-dealkylation sites (N-methyl/N-ethyl adjacent to an activating group) is 1. The molecule has 0 aromatic carbocycles. The molecule has 1 aromatic heterocycles. The number of nitrogens with zero attached hydrogens (tertiary/aromatic N) is 5. The Kier molecular flexibility index (Phi) is 3.90. The topological polar surface area (TPSA) is 37.2 Å². The summed E-state index contributed by atoms with van der Waals surface area (Å²) in [4.78, 5) is 4.87. The highest BCUT2D eigenvalue weighted by Gasteiger charge is 2.13. The van der Waals surface area contributed by atoms with E-state index < -0.39 is 0 Å². The predicted molar refractivity (Wildman–Crippen MR) is 63.3 cm³/mol. The smallest absolute Gasteiger partial charge is 0.0824 e. The van der Waals surface area contributed by atoms with Crippen molar-refractivity contribution in [3.63, 3.8) is 0 Å². The summed E-state index contributed by atoms with van der Waals surface area (Å²) in [5, 5.41) is 8.21. The highest BCUT2D eigenvalue weighted by Crippen LogP contribution is 2.00. The highest BCUT2D eigenvalue weighted by atomic mass is 15.4. The average molecular weight is 223 g/mol. The molecule has 0 atom stereocenters. The molecule has 0 unspecified atom stereocenters. The third-order valence-electron chi connectivity index (χ3n) is 3.19. The minimum Gasteiger partial charge on any atom is -0.304 e. The lowest BCUT2D eigenvalue weighted by Crippen LogP contribution is -2.45. The quantitative estimate of drug-likeness (QED) is 0.725. The lowest BCUT2D eigenvalue weighted by molar-refractivity contribution is 0.148. The van der Waals surface area contributed by atoms with E-state index in [1.165, 1.54) is 26.2 Å². The van der Waals surface area contributed by atoms with E-state index in [0.717, 1.165) is 25.2 Å². The normalized spacial score (nSPS) is 19.1. The van der Waals surface area contributed by atoms with E-state index in [0.29, 0.717) is 0 Å². The van der Waals surface area contributed by atoms with Gasteiger partial charge in [-0.15, -0.1) is 5.10 Å². The van der Waals surface area contributed by atoms with Crippen LogP contribution in [-0.2, 0) is 13.0 Å². The molecule has 5 heteroatoms. The fraction of sp³-hybridized carbons (Fsp3) is 0.818. The van der Waals surface area contributed by atoms with Crippen LogP contribution in [0.2, 0.25) is 0 Å². The molecule has 1 fully saturated rings. The van der Waals surface area contributed by atoms with E-state index >= 15 is 0 Å². The first-order valence-corrected chi connectivity index (χ1v) is 6.08. The summed E-state index contributed by atoms with van der Waals surface area (Å²) in [5.41, 5.74) is 1.08. The van der Waals surface area contributed by atoms with Crippen molar-refractivity contribution in [3.05, 3.63) is 11.9 Å². The Morgan fingerprint density at radius 2 is 1.94 bits per heavy atom. The molecule has 0 saturated carbocycles. The zero-order valence-electron chi connectivity index (χ0n) is 10.3. The second-order valence-corrected chi connectivity index (χ2v) is 4.47. The molecule has 0 aliphatic carbocycles. The number of aromatic nitrogens is 3. The molecule has 1 aliphatic heterocycles. The Morgan fingerprint density at radius 1 is 1.19 bits per heavy atom. The van der Waals surface area contributed by atoms with Crippen molar-refractivity contribution in [1.82, 2.24) is 24.8 Å². The fourth-order valence-electron chi connectivity index (χ4n) is 1.93. The van der Waals surface area contributed by atoms with Gasteiger partial charge in [-0.05, 0) is 13.5 Å². The van der Waals surface area contributed by atoms with Gasteiger partial charge >= 0.3 is 0 Å². The summed E-state index contributed by atoms with van der Waals surface area (Å²) in [7, 11) is 2.18. The zero-order chi connectivity index (χ0) is 11.4. The summed E-state index contributed by atoms with van der Waals surface area (Å²) >= 11 is 0. The maximum atomic E-state index is 4.12. The van der Waals surface area contributed by atoms with E-state index in [4.69, 9.17) is 0 Å². The van der Waals surface area contributed by atoms with E-state index in [9.17, 15) is 0 Å². The van der Waals surface area contributed by atoms with Crippen LogP contribution in [0.25, 0.3) is 0 Å². The molecule has 0 radical (unpaired) electrons. The zero-order valence-corrected chi connectivity index (χ0v) is 10.3. The van der Waals surface area contributed by atoms with Crippen molar-refractivity contribution in [3.8, 4) is 0 Å². The fourth-order valence-corrected chi connectivity index (χ4v) is 1.93. The Morgan fingerprint density at radius 3 is 2.56 bits per heavy atom.